The number of aliphatic hydroxyl groups excluding tert-OH is 1. The third-order valence-corrected chi connectivity index (χ3v) is 4.28. The second-order valence-electron chi connectivity index (χ2n) is 5.81. The van der Waals surface area contributed by atoms with Crippen LogP contribution in [-0.4, -0.2) is 23.4 Å². The quantitative estimate of drug-likeness (QED) is 0.859. The number of ether oxygens (including phenoxy) is 1. The van der Waals surface area contributed by atoms with Gasteiger partial charge < -0.3 is 15.2 Å². The van der Waals surface area contributed by atoms with Crippen molar-refractivity contribution in [2.45, 2.75) is 64.3 Å². The average Bonchev–Trinajstić information content (AvgIpc) is 2.41. The molecule has 1 aliphatic carbocycles. The molecular formula is C16H24BrNO2. The Morgan fingerprint density at radius 2 is 2.10 bits per heavy atom. The Bertz CT molecular complexity index is 436. The molecular weight excluding hydrogens is 318 g/mol. The zero-order valence-electron chi connectivity index (χ0n) is 12.2. The van der Waals surface area contributed by atoms with Gasteiger partial charge in [-0.2, -0.15) is 0 Å². The second kappa shape index (κ2) is 7.43. The number of aliphatic hydroxyl groups is 1. The van der Waals surface area contributed by atoms with E-state index in [1.165, 1.54) is 5.56 Å². The molecule has 0 bridgehead atoms. The van der Waals surface area contributed by atoms with Crippen molar-refractivity contribution in [2.24, 2.45) is 0 Å². The number of halogens is 1. The van der Waals surface area contributed by atoms with E-state index in [-0.39, 0.29) is 12.2 Å². The normalized spacial score (nSPS) is 23.1. The average molecular weight is 342 g/mol. The highest BCUT2D eigenvalue weighted by Gasteiger charge is 2.25. The Kier molecular flexibility index (Phi) is 5.87. The molecule has 0 spiro atoms. The molecule has 0 aromatic heterocycles. The van der Waals surface area contributed by atoms with Gasteiger partial charge in [0, 0.05) is 12.6 Å². The van der Waals surface area contributed by atoms with E-state index >= 15 is 0 Å². The molecule has 2 rings (SSSR count). The van der Waals surface area contributed by atoms with E-state index < -0.39 is 0 Å². The van der Waals surface area contributed by atoms with Gasteiger partial charge in [0.05, 0.1) is 10.6 Å². The molecule has 1 fully saturated rings. The SMILES string of the molecule is CC(C)NCc1ccc(OC2CCCCC2O)c(Br)c1. The molecule has 2 unspecified atom stereocenters. The highest BCUT2D eigenvalue weighted by Crippen LogP contribution is 2.30. The van der Waals surface area contributed by atoms with Gasteiger partial charge in [-0.05, 0) is 52.9 Å². The van der Waals surface area contributed by atoms with Gasteiger partial charge in [0.15, 0.2) is 0 Å². The maximum absolute atomic E-state index is 9.97. The number of hydrogen-bond acceptors (Lipinski definition) is 3. The van der Waals surface area contributed by atoms with Crippen molar-refractivity contribution in [1.29, 1.82) is 0 Å². The number of hydrogen-bond donors (Lipinski definition) is 2. The summed E-state index contributed by atoms with van der Waals surface area (Å²) in [5.74, 6) is 0.823. The molecule has 0 radical (unpaired) electrons. The van der Waals surface area contributed by atoms with Gasteiger partial charge in [0.1, 0.15) is 11.9 Å². The predicted octanol–water partition coefficient (Wildman–Crippen LogP) is 3.63. The summed E-state index contributed by atoms with van der Waals surface area (Å²) in [6.07, 6.45) is 3.61. The van der Waals surface area contributed by atoms with Crippen LogP contribution in [0.1, 0.15) is 45.1 Å². The Hall–Kier alpha value is -0.580. The molecule has 0 saturated heterocycles. The number of rotatable bonds is 5. The highest BCUT2D eigenvalue weighted by atomic mass is 79.9. The first-order valence-corrected chi connectivity index (χ1v) is 8.22. The maximum atomic E-state index is 9.97. The molecule has 1 aliphatic rings. The van der Waals surface area contributed by atoms with E-state index in [0.29, 0.717) is 6.04 Å². The van der Waals surface area contributed by atoms with Gasteiger partial charge in [-0.1, -0.05) is 26.3 Å². The van der Waals surface area contributed by atoms with E-state index in [4.69, 9.17) is 4.74 Å². The molecule has 1 aromatic rings. The zero-order valence-corrected chi connectivity index (χ0v) is 13.8. The van der Waals surface area contributed by atoms with Crippen molar-refractivity contribution < 1.29 is 9.84 Å². The smallest absolute Gasteiger partial charge is 0.134 e. The van der Waals surface area contributed by atoms with Crippen LogP contribution in [0.25, 0.3) is 0 Å². The largest absolute Gasteiger partial charge is 0.487 e. The first kappa shape index (κ1) is 15.8. The monoisotopic (exact) mass is 341 g/mol. The summed E-state index contributed by atoms with van der Waals surface area (Å²) >= 11 is 3.57. The maximum Gasteiger partial charge on any atom is 0.134 e. The van der Waals surface area contributed by atoms with Gasteiger partial charge in [0.25, 0.3) is 0 Å². The van der Waals surface area contributed by atoms with Gasteiger partial charge in [0.2, 0.25) is 0 Å². The molecule has 112 valence electrons. The first-order chi connectivity index (χ1) is 9.56. The van der Waals surface area contributed by atoms with E-state index in [9.17, 15) is 5.11 Å². The summed E-state index contributed by atoms with van der Waals surface area (Å²) in [7, 11) is 0. The molecule has 3 nitrogen and oxygen atoms in total. The molecule has 1 aromatic carbocycles. The summed E-state index contributed by atoms with van der Waals surface area (Å²) < 4.78 is 6.92. The summed E-state index contributed by atoms with van der Waals surface area (Å²) in [6, 6.07) is 6.62. The van der Waals surface area contributed by atoms with E-state index in [1.807, 2.05) is 6.07 Å². The van der Waals surface area contributed by atoms with E-state index in [0.717, 1.165) is 42.5 Å². The van der Waals surface area contributed by atoms with Crippen molar-refractivity contribution in [2.75, 3.05) is 0 Å². The molecule has 2 N–H and O–H groups in total. The van der Waals surface area contributed by atoms with Crippen LogP contribution < -0.4 is 10.1 Å². The van der Waals surface area contributed by atoms with E-state index in [2.05, 4.69) is 47.2 Å². The third kappa shape index (κ3) is 4.47. The Labute approximate surface area is 129 Å². The van der Waals surface area contributed by atoms with Crippen LogP contribution in [0.3, 0.4) is 0 Å². The van der Waals surface area contributed by atoms with Gasteiger partial charge in [-0.15, -0.1) is 0 Å². The Balaban J connectivity index is 1.98. The Morgan fingerprint density at radius 3 is 2.75 bits per heavy atom. The van der Waals surface area contributed by atoms with Crippen LogP contribution in [0.15, 0.2) is 22.7 Å². The molecule has 0 amide bonds. The summed E-state index contributed by atoms with van der Waals surface area (Å²) in [4.78, 5) is 0. The lowest BCUT2D eigenvalue weighted by molar-refractivity contribution is 0.00648. The molecule has 4 heteroatoms. The predicted molar refractivity (Wildman–Crippen MR) is 85.0 cm³/mol. The van der Waals surface area contributed by atoms with Gasteiger partial charge in [-0.25, -0.2) is 0 Å². The second-order valence-corrected chi connectivity index (χ2v) is 6.66. The standard InChI is InChI=1S/C16H24BrNO2/c1-11(2)18-10-12-7-8-15(13(17)9-12)20-16-6-4-3-5-14(16)19/h7-9,11,14,16,18-19H,3-6,10H2,1-2H3. The summed E-state index contributed by atoms with van der Waals surface area (Å²) in [5.41, 5.74) is 1.22. The van der Waals surface area contributed by atoms with Crippen molar-refractivity contribution in [3.63, 3.8) is 0 Å². The first-order valence-electron chi connectivity index (χ1n) is 7.43. The molecule has 0 heterocycles. The highest BCUT2D eigenvalue weighted by molar-refractivity contribution is 9.10. The fourth-order valence-electron chi connectivity index (χ4n) is 2.45. The van der Waals surface area contributed by atoms with Crippen molar-refractivity contribution >= 4 is 15.9 Å². The minimum Gasteiger partial charge on any atom is -0.487 e. The molecule has 20 heavy (non-hydrogen) atoms. The van der Waals surface area contributed by atoms with Crippen molar-refractivity contribution in [1.82, 2.24) is 5.32 Å². The van der Waals surface area contributed by atoms with Crippen molar-refractivity contribution in [3.8, 4) is 5.75 Å². The topological polar surface area (TPSA) is 41.5 Å². The molecule has 0 aliphatic heterocycles. The minimum atomic E-state index is -0.335. The number of benzene rings is 1. The third-order valence-electron chi connectivity index (χ3n) is 3.66. The lowest BCUT2D eigenvalue weighted by Crippen LogP contribution is -2.34. The molecule has 1 saturated carbocycles. The van der Waals surface area contributed by atoms with Crippen LogP contribution in [0.4, 0.5) is 0 Å². The van der Waals surface area contributed by atoms with Crippen molar-refractivity contribution in [3.05, 3.63) is 28.2 Å². The van der Waals surface area contributed by atoms with Crippen LogP contribution >= 0.6 is 15.9 Å². The van der Waals surface area contributed by atoms with Crippen LogP contribution in [-0.2, 0) is 6.54 Å². The lowest BCUT2D eigenvalue weighted by atomic mass is 9.95. The minimum absolute atomic E-state index is 0.0697. The summed E-state index contributed by atoms with van der Waals surface area (Å²) in [5, 5.41) is 13.4. The molecule has 2 atom stereocenters. The van der Waals surface area contributed by atoms with Crippen LogP contribution in [0, 0.1) is 0 Å². The zero-order chi connectivity index (χ0) is 14.5. The Morgan fingerprint density at radius 1 is 1.35 bits per heavy atom. The van der Waals surface area contributed by atoms with E-state index in [1.54, 1.807) is 0 Å². The number of nitrogens with one attached hydrogen (secondary N) is 1. The van der Waals surface area contributed by atoms with Gasteiger partial charge >= 0.3 is 0 Å². The fraction of sp³-hybridized carbons (Fsp3) is 0.625. The van der Waals surface area contributed by atoms with Crippen LogP contribution in [0.2, 0.25) is 0 Å². The lowest BCUT2D eigenvalue weighted by Gasteiger charge is -2.28. The van der Waals surface area contributed by atoms with Crippen LogP contribution in [0.5, 0.6) is 5.75 Å². The summed E-state index contributed by atoms with van der Waals surface area (Å²) in [6.45, 7) is 5.12. The van der Waals surface area contributed by atoms with Gasteiger partial charge in [-0.3, -0.25) is 0 Å². The fourth-order valence-corrected chi connectivity index (χ4v) is 2.97.